The van der Waals surface area contributed by atoms with Crippen molar-refractivity contribution in [2.24, 2.45) is 5.73 Å². The number of Topliss-reactive ketones (excluding diaryl/α,β-unsaturated/α-hetero) is 1. The van der Waals surface area contributed by atoms with Crippen molar-refractivity contribution in [1.82, 2.24) is 5.32 Å². The minimum Gasteiger partial charge on any atom is -0.369 e. The molecule has 0 unspecified atom stereocenters. The van der Waals surface area contributed by atoms with E-state index in [2.05, 4.69) is 11.4 Å². The number of hydrogen-bond acceptors (Lipinski definition) is 5. The number of nitrogens with zero attached hydrogens (tertiary/aromatic N) is 1. The summed E-state index contributed by atoms with van der Waals surface area (Å²) >= 11 is 1.19. The predicted molar refractivity (Wildman–Crippen MR) is 107 cm³/mol. The van der Waals surface area contributed by atoms with E-state index in [9.17, 15) is 14.9 Å². The SMILES string of the molecule is CC(=O)C1=C(C)NC(SCC(N)=O)=C(C#N)[C@H]1c1cccc2ccccc12. The highest BCUT2D eigenvalue weighted by Gasteiger charge is 2.33. The second-order valence-electron chi connectivity index (χ2n) is 6.33. The van der Waals surface area contributed by atoms with Crippen molar-refractivity contribution in [3.8, 4) is 6.07 Å². The molecule has 136 valence electrons. The number of carbonyl (C=O) groups excluding carboxylic acids is 2. The van der Waals surface area contributed by atoms with Crippen LogP contribution in [0.1, 0.15) is 25.3 Å². The van der Waals surface area contributed by atoms with Crippen LogP contribution >= 0.6 is 11.8 Å². The maximum absolute atomic E-state index is 12.5. The zero-order valence-corrected chi connectivity index (χ0v) is 15.9. The summed E-state index contributed by atoms with van der Waals surface area (Å²) in [4.78, 5) is 23.7. The summed E-state index contributed by atoms with van der Waals surface area (Å²) in [5, 5.41) is 15.6. The van der Waals surface area contributed by atoms with E-state index in [1.165, 1.54) is 18.7 Å². The van der Waals surface area contributed by atoms with Crippen molar-refractivity contribution in [3.63, 3.8) is 0 Å². The molecule has 3 N–H and O–H groups in total. The number of nitrogens with one attached hydrogen (secondary N) is 1. The van der Waals surface area contributed by atoms with Crippen LogP contribution < -0.4 is 11.1 Å². The van der Waals surface area contributed by atoms with Crippen LogP contribution in [0.4, 0.5) is 0 Å². The van der Waals surface area contributed by atoms with Gasteiger partial charge in [0.05, 0.1) is 28.3 Å². The number of rotatable bonds is 5. The number of nitriles is 1. The molecule has 0 saturated carbocycles. The summed E-state index contributed by atoms with van der Waals surface area (Å²) in [6.45, 7) is 3.32. The topological polar surface area (TPSA) is 96.0 Å². The number of nitrogens with two attached hydrogens (primary N) is 1. The molecule has 1 atom stereocenters. The summed E-state index contributed by atoms with van der Waals surface area (Å²) in [5.41, 5.74) is 7.84. The molecule has 6 heteroatoms. The van der Waals surface area contributed by atoms with Gasteiger partial charge in [0.25, 0.3) is 0 Å². The number of fused-ring (bicyclic) bond motifs is 1. The van der Waals surface area contributed by atoms with Crippen LogP contribution in [0.5, 0.6) is 0 Å². The third-order valence-electron chi connectivity index (χ3n) is 4.52. The molecule has 0 aromatic heterocycles. The van der Waals surface area contributed by atoms with E-state index in [0.29, 0.717) is 21.9 Å². The van der Waals surface area contributed by atoms with Crippen molar-refractivity contribution in [2.45, 2.75) is 19.8 Å². The number of thioether (sulfide) groups is 1. The number of dihydropyridines is 1. The molecule has 0 aliphatic carbocycles. The van der Waals surface area contributed by atoms with Crippen LogP contribution in [-0.4, -0.2) is 17.4 Å². The molecular formula is C21H19N3O2S. The van der Waals surface area contributed by atoms with Gasteiger partial charge in [-0.2, -0.15) is 5.26 Å². The lowest BCUT2D eigenvalue weighted by Crippen LogP contribution is -2.28. The van der Waals surface area contributed by atoms with E-state index < -0.39 is 11.8 Å². The average Bonchev–Trinajstić information content (AvgIpc) is 2.64. The fourth-order valence-electron chi connectivity index (χ4n) is 3.45. The van der Waals surface area contributed by atoms with Crippen LogP contribution in [0.2, 0.25) is 0 Å². The molecule has 3 rings (SSSR count). The van der Waals surface area contributed by atoms with Crippen molar-refractivity contribution >= 4 is 34.2 Å². The lowest BCUT2D eigenvalue weighted by Gasteiger charge is -2.30. The third kappa shape index (κ3) is 3.60. The Kier molecular flexibility index (Phi) is 5.33. The number of primary amides is 1. The van der Waals surface area contributed by atoms with Gasteiger partial charge in [-0.25, -0.2) is 0 Å². The Hall–Kier alpha value is -3.04. The first-order valence-corrected chi connectivity index (χ1v) is 9.44. The van der Waals surface area contributed by atoms with Crippen molar-refractivity contribution in [2.75, 3.05) is 5.75 Å². The largest absolute Gasteiger partial charge is 0.369 e. The molecule has 0 fully saturated rings. The van der Waals surface area contributed by atoms with Gasteiger partial charge in [-0.05, 0) is 30.2 Å². The smallest absolute Gasteiger partial charge is 0.227 e. The van der Waals surface area contributed by atoms with Crippen LogP contribution in [-0.2, 0) is 9.59 Å². The number of benzene rings is 2. The van der Waals surface area contributed by atoms with Gasteiger partial charge < -0.3 is 11.1 Å². The van der Waals surface area contributed by atoms with Gasteiger partial charge in [0.15, 0.2) is 5.78 Å². The molecule has 2 aromatic rings. The van der Waals surface area contributed by atoms with Gasteiger partial charge in [-0.15, -0.1) is 0 Å². The Morgan fingerprint density at radius 3 is 2.59 bits per heavy atom. The highest BCUT2D eigenvalue weighted by Crippen LogP contribution is 2.42. The number of carbonyl (C=O) groups is 2. The highest BCUT2D eigenvalue weighted by molar-refractivity contribution is 8.03. The zero-order chi connectivity index (χ0) is 19.6. The van der Waals surface area contributed by atoms with E-state index in [-0.39, 0.29) is 11.5 Å². The lowest BCUT2D eigenvalue weighted by molar-refractivity contribution is -0.115. The van der Waals surface area contributed by atoms with Crippen LogP contribution in [0.25, 0.3) is 10.8 Å². The van der Waals surface area contributed by atoms with Crippen LogP contribution in [0, 0.1) is 11.3 Å². The van der Waals surface area contributed by atoms with Gasteiger partial charge in [0.1, 0.15) is 0 Å². The number of hydrogen-bond donors (Lipinski definition) is 2. The third-order valence-corrected chi connectivity index (χ3v) is 5.56. The van der Waals surface area contributed by atoms with Crippen molar-refractivity contribution in [1.29, 1.82) is 5.26 Å². The summed E-state index contributed by atoms with van der Waals surface area (Å²) < 4.78 is 0. The standard InChI is InChI=1S/C21H19N3O2S/c1-12-19(13(2)25)20(17(10-22)21(24-12)27-11-18(23)26)16-9-5-7-14-6-3-4-8-15(14)16/h3-9,20,24H,11H2,1-2H3,(H2,23,26)/t20-/m1/s1. The van der Waals surface area contributed by atoms with Gasteiger partial charge in [0, 0.05) is 11.3 Å². The van der Waals surface area contributed by atoms with E-state index in [1.807, 2.05) is 49.4 Å². The minimum atomic E-state index is -0.491. The minimum absolute atomic E-state index is 0.0540. The van der Waals surface area contributed by atoms with Crippen LogP contribution in [0.15, 0.2) is 64.3 Å². The van der Waals surface area contributed by atoms with Gasteiger partial charge in [0.2, 0.25) is 5.91 Å². The maximum atomic E-state index is 12.5. The first kappa shape index (κ1) is 18.7. The first-order chi connectivity index (χ1) is 12.9. The summed E-state index contributed by atoms with van der Waals surface area (Å²) in [6, 6.07) is 16.0. The fourth-order valence-corrected chi connectivity index (χ4v) is 4.28. The molecule has 1 aliphatic heterocycles. The Morgan fingerprint density at radius 2 is 1.93 bits per heavy atom. The molecule has 1 amide bonds. The van der Waals surface area contributed by atoms with Gasteiger partial charge in [-0.3, -0.25) is 9.59 Å². The summed E-state index contributed by atoms with van der Waals surface area (Å²) in [7, 11) is 0. The number of allylic oxidation sites excluding steroid dienone is 3. The molecule has 0 spiro atoms. The normalized spacial score (nSPS) is 16.9. The first-order valence-electron chi connectivity index (χ1n) is 8.45. The molecule has 2 aromatic carbocycles. The van der Waals surface area contributed by atoms with Gasteiger partial charge in [-0.1, -0.05) is 54.2 Å². The molecule has 0 bridgehead atoms. The Morgan fingerprint density at radius 1 is 1.22 bits per heavy atom. The number of amides is 1. The molecule has 1 aliphatic rings. The predicted octanol–water partition coefficient (Wildman–Crippen LogP) is 3.34. The molecular weight excluding hydrogens is 358 g/mol. The number of ketones is 1. The maximum Gasteiger partial charge on any atom is 0.227 e. The van der Waals surface area contributed by atoms with E-state index in [1.54, 1.807) is 0 Å². The van der Waals surface area contributed by atoms with Crippen molar-refractivity contribution in [3.05, 3.63) is 69.9 Å². The Labute approximate surface area is 161 Å². The van der Waals surface area contributed by atoms with Crippen LogP contribution in [0.3, 0.4) is 0 Å². The summed E-state index contributed by atoms with van der Waals surface area (Å²) in [5.74, 6) is -0.995. The average molecular weight is 377 g/mol. The van der Waals surface area contributed by atoms with E-state index >= 15 is 0 Å². The Balaban J connectivity index is 2.25. The Bertz CT molecular complexity index is 1040. The van der Waals surface area contributed by atoms with E-state index in [0.717, 1.165) is 16.3 Å². The molecule has 27 heavy (non-hydrogen) atoms. The van der Waals surface area contributed by atoms with Crippen molar-refractivity contribution < 1.29 is 9.59 Å². The highest BCUT2D eigenvalue weighted by atomic mass is 32.2. The molecule has 5 nitrogen and oxygen atoms in total. The second kappa shape index (κ2) is 7.68. The second-order valence-corrected chi connectivity index (χ2v) is 7.32. The van der Waals surface area contributed by atoms with Gasteiger partial charge >= 0.3 is 0 Å². The molecule has 1 heterocycles. The fraction of sp³-hybridized carbons (Fsp3) is 0.190. The summed E-state index contributed by atoms with van der Waals surface area (Å²) in [6.07, 6.45) is 0. The monoisotopic (exact) mass is 377 g/mol. The van der Waals surface area contributed by atoms with E-state index in [4.69, 9.17) is 5.73 Å². The lowest BCUT2D eigenvalue weighted by atomic mass is 9.79. The molecule has 0 saturated heterocycles. The quantitative estimate of drug-likeness (QED) is 0.833. The zero-order valence-electron chi connectivity index (χ0n) is 15.1. The molecule has 0 radical (unpaired) electrons.